The normalized spacial score (nSPS) is 26.5. The maximum Gasteiger partial charge on any atom is 0.0307 e. The van der Waals surface area contributed by atoms with E-state index in [2.05, 4.69) is 47.1 Å². The quantitative estimate of drug-likeness (QED) is 0.900. The van der Waals surface area contributed by atoms with Crippen molar-refractivity contribution >= 4 is 0 Å². The molecule has 3 rings (SSSR count). The Balaban J connectivity index is 1.62. The van der Waals surface area contributed by atoms with Crippen LogP contribution in [-0.4, -0.2) is 54.1 Å². The molecular formula is C18H29N3. The summed E-state index contributed by atoms with van der Waals surface area (Å²) in [4.78, 5) is 5.34. The molecule has 0 saturated carbocycles. The molecule has 2 aliphatic rings. The Morgan fingerprint density at radius 3 is 2.76 bits per heavy atom. The molecule has 1 aromatic rings. The minimum Gasteiger partial charge on any atom is -0.329 e. The monoisotopic (exact) mass is 287 g/mol. The third-order valence-corrected chi connectivity index (χ3v) is 5.59. The first-order valence-corrected chi connectivity index (χ1v) is 8.44. The van der Waals surface area contributed by atoms with Gasteiger partial charge in [0.15, 0.2) is 0 Å². The number of rotatable bonds is 5. The van der Waals surface area contributed by atoms with Gasteiger partial charge in [-0.3, -0.25) is 9.80 Å². The number of piperazine rings is 1. The molecule has 0 aromatic heterocycles. The molecule has 0 radical (unpaired) electrons. The summed E-state index contributed by atoms with van der Waals surface area (Å²) in [6.45, 7) is 8.04. The minimum absolute atomic E-state index is 0.143. The first kappa shape index (κ1) is 15.0. The Kier molecular flexibility index (Phi) is 4.63. The van der Waals surface area contributed by atoms with E-state index < -0.39 is 0 Å². The van der Waals surface area contributed by atoms with Crippen LogP contribution in [0.1, 0.15) is 31.7 Å². The lowest BCUT2D eigenvalue weighted by atomic mass is 9.90. The van der Waals surface area contributed by atoms with E-state index in [9.17, 15) is 0 Å². The Morgan fingerprint density at radius 1 is 1.19 bits per heavy atom. The van der Waals surface area contributed by atoms with E-state index in [0.29, 0.717) is 0 Å². The SMILES string of the molecule is CC(CN)(CCc1ccccc1)N1CCN2CCCC2C1. The standard InChI is InChI=1S/C18H29N3/c1-18(15-19,10-9-16-6-3-2-4-7-16)21-13-12-20-11-5-8-17(20)14-21/h2-4,6-7,17H,5,8-15,19H2,1H3. The zero-order valence-corrected chi connectivity index (χ0v) is 13.3. The molecule has 2 fully saturated rings. The summed E-state index contributed by atoms with van der Waals surface area (Å²) in [5, 5.41) is 0. The van der Waals surface area contributed by atoms with E-state index in [1.165, 1.54) is 44.6 Å². The number of nitrogens with zero attached hydrogens (tertiary/aromatic N) is 2. The molecule has 0 amide bonds. The molecule has 1 aromatic carbocycles. The molecule has 0 spiro atoms. The average molecular weight is 287 g/mol. The van der Waals surface area contributed by atoms with Gasteiger partial charge in [0.25, 0.3) is 0 Å². The van der Waals surface area contributed by atoms with Gasteiger partial charge < -0.3 is 5.73 Å². The number of benzene rings is 1. The summed E-state index contributed by atoms with van der Waals surface area (Å²) in [5.74, 6) is 0. The van der Waals surface area contributed by atoms with Crippen LogP contribution in [-0.2, 0) is 6.42 Å². The number of fused-ring (bicyclic) bond motifs is 1. The molecule has 2 heterocycles. The predicted octanol–water partition coefficient (Wildman–Crippen LogP) is 2.12. The van der Waals surface area contributed by atoms with Gasteiger partial charge >= 0.3 is 0 Å². The van der Waals surface area contributed by atoms with E-state index in [1.807, 2.05) is 0 Å². The smallest absolute Gasteiger partial charge is 0.0307 e. The van der Waals surface area contributed by atoms with Crippen molar-refractivity contribution in [3.8, 4) is 0 Å². The zero-order chi connectivity index (χ0) is 14.7. The minimum atomic E-state index is 0.143. The molecule has 2 N–H and O–H groups in total. The Hall–Kier alpha value is -0.900. The highest BCUT2D eigenvalue weighted by Crippen LogP contribution is 2.28. The second kappa shape index (κ2) is 6.47. The molecule has 2 saturated heterocycles. The molecule has 21 heavy (non-hydrogen) atoms. The van der Waals surface area contributed by atoms with Crippen molar-refractivity contribution in [1.29, 1.82) is 0 Å². The van der Waals surface area contributed by atoms with Gasteiger partial charge in [-0.05, 0) is 44.7 Å². The summed E-state index contributed by atoms with van der Waals surface area (Å²) in [5.41, 5.74) is 7.75. The summed E-state index contributed by atoms with van der Waals surface area (Å²) in [7, 11) is 0. The lowest BCUT2D eigenvalue weighted by Crippen LogP contribution is -2.60. The molecule has 3 heteroatoms. The van der Waals surface area contributed by atoms with Crippen LogP contribution in [0.2, 0.25) is 0 Å². The fraction of sp³-hybridized carbons (Fsp3) is 0.667. The van der Waals surface area contributed by atoms with Crippen molar-refractivity contribution in [2.24, 2.45) is 5.73 Å². The number of aryl methyl sites for hydroxylation is 1. The highest BCUT2D eigenvalue weighted by molar-refractivity contribution is 5.15. The van der Waals surface area contributed by atoms with Gasteiger partial charge in [0.1, 0.15) is 0 Å². The van der Waals surface area contributed by atoms with Crippen molar-refractivity contribution in [3.05, 3.63) is 35.9 Å². The molecule has 2 unspecified atom stereocenters. The topological polar surface area (TPSA) is 32.5 Å². The van der Waals surface area contributed by atoms with Crippen LogP contribution in [0.15, 0.2) is 30.3 Å². The summed E-state index contributed by atoms with van der Waals surface area (Å²) in [6.07, 6.45) is 5.03. The van der Waals surface area contributed by atoms with Gasteiger partial charge in [-0.25, -0.2) is 0 Å². The lowest BCUT2D eigenvalue weighted by Gasteiger charge is -2.47. The molecular weight excluding hydrogens is 258 g/mol. The summed E-state index contributed by atoms with van der Waals surface area (Å²) < 4.78 is 0. The number of nitrogens with two attached hydrogens (primary N) is 1. The zero-order valence-electron chi connectivity index (χ0n) is 13.3. The average Bonchev–Trinajstić information content (AvgIpc) is 3.01. The second-order valence-electron chi connectivity index (χ2n) is 6.96. The van der Waals surface area contributed by atoms with E-state index in [0.717, 1.165) is 25.4 Å². The fourth-order valence-corrected chi connectivity index (χ4v) is 3.93. The third-order valence-electron chi connectivity index (χ3n) is 5.59. The van der Waals surface area contributed by atoms with Gasteiger partial charge in [0.05, 0.1) is 0 Å². The van der Waals surface area contributed by atoms with Gasteiger partial charge in [-0.1, -0.05) is 30.3 Å². The predicted molar refractivity (Wildman–Crippen MR) is 88.4 cm³/mol. The fourth-order valence-electron chi connectivity index (χ4n) is 3.93. The highest BCUT2D eigenvalue weighted by Gasteiger charge is 2.38. The van der Waals surface area contributed by atoms with Crippen molar-refractivity contribution < 1.29 is 0 Å². The van der Waals surface area contributed by atoms with Gasteiger partial charge in [-0.2, -0.15) is 0 Å². The van der Waals surface area contributed by atoms with Crippen LogP contribution in [0.4, 0.5) is 0 Å². The summed E-state index contributed by atoms with van der Waals surface area (Å²) >= 11 is 0. The lowest BCUT2D eigenvalue weighted by molar-refractivity contribution is 0.0230. The van der Waals surface area contributed by atoms with E-state index in [-0.39, 0.29) is 5.54 Å². The van der Waals surface area contributed by atoms with Crippen LogP contribution in [0.25, 0.3) is 0 Å². The maximum absolute atomic E-state index is 6.18. The molecule has 2 aliphatic heterocycles. The Labute approximate surface area is 129 Å². The van der Waals surface area contributed by atoms with E-state index in [4.69, 9.17) is 5.73 Å². The molecule has 0 bridgehead atoms. The van der Waals surface area contributed by atoms with E-state index in [1.54, 1.807) is 0 Å². The second-order valence-corrected chi connectivity index (χ2v) is 6.96. The summed E-state index contributed by atoms with van der Waals surface area (Å²) in [6, 6.07) is 11.6. The van der Waals surface area contributed by atoms with Crippen molar-refractivity contribution in [3.63, 3.8) is 0 Å². The Bertz CT molecular complexity index is 447. The third kappa shape index (κ3) is 3.31. The van der Waals surface area contributed by atoms with Gasteiger partial charge in [0, 0.05) is 37.8 Å². The first-order chi connectivity index (χ1) is 10.2. The van der Waals surface area contributed by atoms with Gasteiger partial charge in [-0.15, -0.1) is 0 Å². The van der Waals surface area contributed by atoms with Crippen LogP contribution in [0, 0.1) is 0 Å². The van der Waals surface area contributed by atoms with E-state index >= 15 is 0 Å². The molecule has 0 aliphatic carbocycles. The number of hydrogen-bond acceptors (Lipinski definition) is 3. The van der Waals surface area contributed by atoms with Crippen molar-refractivity contribution in [1.82, 2.24) is 9.80 Å². The highest BCUT2D eigenvalue weighted by atomic mass is 15.3. The van der Waals surface area contributed by atoms with Gasteiger partial charge in [0.2, 0.25) is 0 Å². The molecule has 2 atom stereocenters. The van der Waals surface area contributed by atoms with Crippen molar-refractivity contribution in [2.45, 2.75) is 44.2 Å². The van der Waals surface area contributed by atoms with Crippen LogP contribution in [0.3, 0.4) is 0 Å². The van der Waals surface area contributed by atoms with Crippen LogP contribution < -0.4 is 5.73 Å². The first-order valence-electron chi connectivity index (χ1n) is 8.44. The molecule has 116 valence electrons. The maximum atomic E-state index is 6.18. The van der Waals surface area contributed by atoms with Crippen molar-refractivity contribution in [2.75, 3.05) is 32.7 Å². The molecule has 3 nitrogen and oxygen atoms in total. The number of hydrogen-bond donors (Lipinski definition) is 1. The van der Waals surface area contributed by atoms with Crippen LogP contribution >= 0.6 is 0 Å². The van der Waals surface area contributed by atoms with Crippen LogP contribution in [0.5, 0.6) is 0 Å². The Morgan fingerprint density at radius 2 is 2.00 bits per heavy atom. The largest absolute Gasteiger partial charge is 0.329 e.